The van der Waals surface area contributed by atoms with E-state index in [-0.39, 0.29) is 30.8 Å². The number of furan rings is 1. The van der Waals surface area contributed by atoms with Crippen LogP contribution in [0.5, 0.6) is 0 Å². The highest BCUT2D eigenvalue weighted by molar-refractivity contribution is 5.98. The van der Waals surface area contributed by atoms with Gasteiger partial charge in [0, 0.05) is 29.0 Å². The summed E-state index contributed by atoms with van der Waals surface area (Å²) in [6, 6.07) is 17.1. The lowest BCUT2D eigenvalue weighted by Gasteiger charge is -2.10. The van der Waals surface area contributed by atoms with E-state index < -0.39 is 0 Å². The van der Waals surface area contributed by atoms with Crippen molar-refractivity contribution in [3.63, 3.8) is 0 Å². The minimum atomic E-state index is -0.266. The van der Waals surface area contributed by atoms with Crippen LogP contribution >= 0.6 is 0 Å². The van der Waals surface area contributed by atoms with Crippen LogP contribution in [0.1, 0.15) is 33.4 Å². The normalized spacial score (nSPS) is 10.2. The number of hydrogen-bond donors (Lipinski definition) is 4. The number of hydrogen-bond acceptors (Lipinski definition) is 5. The number of carbonyl (C=O) groups is 3. The van der Waals surface area contributed by atoms with Crippen molar-refractivity contribution < 1.29 is 18.8 Å². The summed E-state index contributed by atoms with van der Waals surface area (Å²) < 4.78 is 5.19. The lowest BCUT2D eigenvalue weighted by atomic mass is 10.2. The zero-order valence-electron chi connectivity index (χ0n) is 17.1. The SMILES string of the molecule is CCNC(=O)c1ccc(NCC(=O)Nc2cccc(C(=O)NCc3ccco3)c2)cc1. The molecule has 0 aliphatic carbocycles. The maximum atomic E-state index is 12.3. The van der Waals surface area contributed by atoms with Crippen LogP contribution in [0.2, 0.25) is 0 Å². The molecule has 1 aromatic heterocycles. The molecular weight excluding hydrogens is 396 g/mol. The third-order valence-corrected chi connectivity index (χ3v) is 4.35. The summed E-state index contributed by atoms with van der Waals surface area (Å²) in [5, 5.41) is 11.3. The van der Waals surface area contributed by atoms with Crippen molar-refractivity contribution in [3.05, 3.63) is 83.8 Å². The van der Waals surface area contributed by atoms with Gasteiger partial charge < -0.3 is 25.7 Å². The first kappa shape index (κ1) is 21.6. The Morgan fingerprint density at radius 1 is 0.839 bits per heavy atom. The van der Waals surface area contributed by atoms with Crippen LogP contribution in [0.15, 0.2) is 71.3 Å². The Hall–Kier alpha value is -4.07. The molecule has 0 saturated carbocycles. The molecule has 0 saturated heterocycles. The summed E-state index contributed by atoms with van der Waals surface area (Å²) in [5.41, 5.74) is 2.22. The summed E-state index contributed by atoms with van der Waals surface area (Å²) >= 11 is 0. The van der Waals surface area contributed by atoms with Crippen molar-refractivity contribution in [2.75, 3.05) is 23.7 Å². The quantitative estimate of drug-likeness (QED) is 0.425. The van der Waals surface area contributed by atoms with E-state index in [0.717, 1.165) is 0 Å². The van der Waals surface area contributed by atoms with E-state index >= 15 is 0 Å². The molecule has 0 aliphatic heterocycles. The highest BCUT2D eigenvalue weighted by Gasteiger charge is 2.09. The zero-order valence-corrected chi connectivity index (χ0v) is 17.1. The van der Waals surface area contributed by atoms with Crippen LogP contribution in [0.3, 0.4) is 0 Å². The van der Waals surface area contributed by atoms with Gasteiger partial charge in [0.1, 0.15) is 5.76 Å². The Kier molecular flexibility index (Phi) is 7.42. The van der Waals surface area contributed by atoms with E-state index in [2.05, 4.69) is 21.3 Å². The molecule has 3 amide bonds. The van der Waals surface area contributed by atoms with E-state index in [0.29, 0.717) is 34.8 Å². The molecule has 0 fully saturated rings. The monoisotopic (exact) mass is 420 g/mol. The average molecular weight is 420 g/mol. The lowest BCUT2D eigenvalue weighted by molar-refractivity contribution is -0.114. The van der Waals surface area contributed by atoms with Gasteiger partial charge in [0.05, 0.1) is 19.4 Å². The standard InChI is InChI=1S/C23H24N4O4/c1-2-24-22(29)16-8-10-18(11-9-16)25-15-21(28)27-19-6-3-5-17(13-19)23(30)26-14-20-7-4-12-31-20/h3-13,25H,2,14-15H2,1H3,(H,24,29)(H,26,30)(H,27,28). The van der Waals surface area contributed by atoms with Crippen molar-refractivity contribution >= 4 is 29.1 Å². The molecule has 8 heteroatoms. The molecule has 8 nitrogen and oxygen atoms in total. The molecule has 0 aliphatic rings. The Morgan fingerprint density at radius 2 is 1.61 bits per heavy atom. The van der Waals surface area contributed by atoms with Crippen molar-refractivity contribution in [3.8, 4) is 0 Å². The minimum absolute atomic E-state index is 0.0371. The van der Waals surface area contributed by atoms with Crippen molar-refractivity contribution in [1.29, 1.82) is 0 Å². The van der Waals surface area contributed by atoms with Gasteiger partial charge in [-0.05, 0) is 61.5 Å². The van der Waals surface area contributed by atoms with Crippen LogP contribution < -0.4 is 21.3 Å². The second kappa shape index (κ2) is 10.6. The largest absolute Gasteiger partial charge is 0.467 e. The maximum Gasteiger partial charge on any atom is 0.251 e. The molecule has 0 atom stereocenters. The molecule has 0 radical (unpaired) electrons. The molecule has 3 rings (SSSR count). The Bertz CT molecular complexity index is 1030. The van der Waals surface area contributed by atoms with Gasteiger partial charge in [-0.1, -0.05) is 6.07 Å². The fraction of sp³-hybridized carbons (Fsp3) is 0.174. The summed E-state index contributed by atoms with van der Waals surface area (Å²) in [6.45, 7) is 2.74. The smallest absolute Gasteiger partial charge is 0.251 e. The van der Waals surface area contributed by atoms with E-state index in [9.17, 15) is 14.4 Å². The number of benzene rings is 2. The number of anilines is 2. The fourth-order valence-electron chi connectivity index (χ4n) is 2.81. The first-order valence-electron chi connectivity index (χ1n) is 9.88. The topological polar surface area (TPSA) is 112 Å². The van der Waals surface area contributed by atoms with Crippen LogP contribution in [0.25, 0.3) is 0 Å². The van der Waals surface area contributed by atoms with Crippen molar-refractivity contribution in [2.24, 2.45) is 0 Å². The van der Waals surface area contributed by atoms with Crippen LogP contribution in [0.4, 0.5) is 11.4 Å². The summed E-state index contributed by atoms with van der Waals surface area (Å²) in [4.78, 5) is 36.3. The zero-order chi connectivity index (χ0) is 22.1. The van der Waals surface area contributed by atoms with Crippen LogP contribution in [0, 0.1) is 0 Å². The third-order valence-electron chi connectivity index (χ3n) is 4.35. The van der Waals surface area contributed by atoms with E-state index in [1.54, 1.807) is 66.9 Å². The number of nitrogens with one attached hydrogen (secondary N) is 4. The molecule has 31 heavy (non-hydrogen) atoms. The third kappa shape index (κ3) is 6.46. The molecular formula is C23H24N4O4. The number of carbonyl (C=O) groups excluding carboxylic acids is 3. The second-order valence-corrected chi connectivity index (χ2v) is 6.68. The predicted molar refractivity (Wildman–Crippen MR) is 118 cm³/mol. The highest BCUT2D eigenvalue weighted by Crippen LogP contribution is 2.12. The van der Waals surface area contributed by atoms with Gasteiger partial charge in [-0.25, -0.2) is 0 Å². The molecule has 0 spiro atoms. The fourth-order valence-corrected chi connectivity index (χ4v) is 2.81. The van der Waals surface area contributed by atoms with Crippen LogP contribution in [-0.2, 0) is 11.3 Å². The summed E-state index contributed by atoms with van der Waals surface area (Å²) in [6.07, 6.45) is 1.54. The summed E-state index contributed by atoms with van der Waals surface area (Å²) in [7, 11) is 0. The summed E-state index contributed by atoms with van der Waals surface area (Å²) in [5.74, 6) is -0.0125. The second-order valence-electron chi connectivity index (χ2n) is 6.68. The Labute approximate surface area is 180 Å². The van der Waals surface area contributed by atoms with Gasteiger partial charge in [-0.15, -0.1) is 0 Å². The first-order valence-corrected chi connectivity index (χ1v) is 9.88. The van der Waals surface area contributed by atoms with Gasteiger partial charge in [0.25, 0.3) is 11.8 Å². The van der Waals surface area contributed by atoms with E-state index in [4.69, 9.17) is 4.42 Å². The van der Waals surface area contributed by atoms with Crippen LogP contribution in [-0.4, -0.2) is 30.8 Å². The van der Waals surface area contributed by atoms with Gasteiger partial charge in [0.15, 0.2) is 0 Å². The minimum Gasteiger partial charge on any atom is -0.467 e. The number of rotatable bonds is 9. The molecule has 0 bridgehead atoms. The van der Waals surface area contributed by atoms with Crippen molar-refractivity contribution in [1.82, 2.24) is 10.6 Å². The molecule has 4 N–H and O–H groups in total. The van der Waals surface area contributed by atoms with Gasteiger partial charge in [-0.2, -0.15) is 0 Å². The Balaban J connectivity index is 1.49. The maximum absolute atomic E-state index is 12.3. The Morgan fingerprint density at radius 3 is 2.32 bits per heavy atom. The predicted octanol–water partition coefficient (Wildman–Crippen LogP) is 3.01. The highest BCUT2D eigenvalue weighted by atomic mass is 16.3. The van der Waals surface area contributed by atoms with Crippen molar-refractivity contribution in [2.45, 2.75) is 13.5 Å². The molecule has 160 valence electrons. The van der Waals surface area contributed by atoms with E-state index in [1.165, 1.54) is 0 Å². The van der Waals surface area contributed by atoms with Gasteiger partial charge in [0.2, 0.25) is 5.91 Å². The molecule has 3 aromatic rings. The molecule has 2 aromatic carbocycles. The first-order chi connectivity index (χ1) is 15.0. The van der Waals surface area contributed by atoms with E-state index in [1.807, 2.05) is 6.92 Å². The lowest BCUT2D eigenvalue weighted by Crippen LogP contribution is -2.24. The van der Waals surface area contributed by atoms with Gasteiger partial charge >= 0.3 is 0 Å². The average Bonchev–Trinajstić information content (AvgIpc) is 3.30. The van der Waals surface area contributed by atoms with Gasteiger partial charge in [-0.3, -0.25) is 14.4 Å². The molecule has 1 heterocycles. The number of amides is 3. The molecule has 0 unspecified atom stereocenters.